The maximum absolute atomic E-state index is 11.2. The van der Waals surface area contributed by atoms with Crippen LogP contribution in [0.5, 0.6) is 0 Å². The Kier molecular flexibility index (Phi) is 4.27. The van der Waals surface area contributed by atoms with Crippen molar-refractivity contribution >= 4 is 23.7 Å². The molecule has 8 heteroatoms. The number of carboxylic acid groups (broad SMARTS) is 1. The van der Waals surface area contributed by atoms with Crippen LogP contribution >= 0.6 is 0 Å². The average molecular weight is 346 g/mol. The Balaban J connectivity index is 1.46. The van der Waals surface area contributed by atoms with Crippen LogP contribution < -0.4 is 16.0 Å². The number of anilines is 3. The molecule has 3 fully saturated rings. The third-order valence-electron chi connectivity index (χ3n) is 5.89. The number of fused-ring (bicyclic) bond motifs is 2. The number of hydrogen-bond acceptors (Lipinski definition) is 6. The number of nitrogens with one attached hydrogen (secondary N) is 1. The van der Waals surface area contributed by atoms with Crippen molar-refractivity contribution in [1.82, 2.24) is 14.9 Å². The van der Waals surface area contributed by atoms with E-state index in [1.165, 1.54) is 30.6 Å². The van der Waals surface area contributed by atoms with Crippen LogP contribution in [0, 0.1) is 11.8 Å². The van der Waals surface area contributed by atoms with Gasteiger partial charge >= 0.3 is 6.09 Å². The van der Waals surface area contributed by atoms with Crippen molar-refractivity contribution in [3.05, 3.63) is 6.07 Å². The van der Waals surface area contributed by atoms with Crippen LogP contribution in [0.4, 0.5) is 22.4 Å². The SMILES string of the molecule is Nc1nc(NC2CC3CCC2C3)cc(N2CCCN(C(=O)O)CC2)n1. The summed E-state index contributed by atoms with van der Waals surface area (Å²) in [6.45, 7) is 2.43. The van der Waals surface area contributed by atoms with Crippen molar-refractivity contribution < 1.29 is 9.90 Å². The van der Waals surface area contributed by atoms with Crippen molar-refractivity contribution in [2.24, 2.45) is 11.8 Å². The first-order valence-electron chi connectivity index (χ1n) is 9.22. The Labute approximate surface area is 147 Å². The highest BCUT2D eigenvalue weighted by Crippen LogP contribution is 2.45. The van der Waals surface area contributed by atoms with Crippen LogP contribution in [-0.4, -0.2) is 58.3 Å². The van der Waals surface area contributed by atoms with E-state index in [9.17, 15) is 9.90 Å². The van der Waals surface area contributed by atoms with Gasteiger partial charge < -0.3 is 26.0 Å². The quantitative estimate of drug-likeness (QED) is 0.766. The summed E-state index contributed by atoms with van der Waals surface area (Å²) in [4.78, 5) is 23.5. The highest BCUT2D eigenvalue weighted by atomic mass is 16.4. The summed E-state index contributed by atoms with van der Waals surface area (Å²) >= 11 is 0. The zero-order valence-electron chi connectivity index (χ0n) is 14.4. The van der Waals surface area contributed by atoms with E-state index in [0.29, 0.717) is 25.7 Å². The van der Waals surface area contributed by atoms with Crippen LogP contribution in [0.15, 0.2) is 6.07 Å². The van der Waals surface area contributed by atoms with Gasteiger partial charge in [-0.1, -0.05) is 6.42 Å². The number of nitrogen functional groups attached to an aromatic ring is 1. The molecule has 3 aliphatic rings. The number of amides is 1. The van der Waals surface area contributed by atoms with Crippen molar-refractivity contribution in [2.75, 3.05) is 42.1 Å². The monoisotopic (exact) mass is 346 g/mol. The molecule has 2 aliphatic carbocycles. The lowest BCUT2D eigenvalue weighted by Crippen LogP contribution is -2.34. The molecule has 0 spiro atoms. The molecule has 25 heavy (non-hydrogen) atoms. The van der Waals surface area contributed by atoms with Gasteiger partial charge in [-0.05, 0) is 37.5 Å². The molecule has 1 aromatic rings. The molecule has 1 aliphatic heterocycles. The molecule has 2 bridgehead atoms. The summed E-state index contributed by atoms with van der Waals surface area (Å²) in [5.74, 6) is 3.47. The predicted molar refractivity (Wildman–Crippen MR) is 95.7 cm³/mol. The summed E-state index contributed by atoms with van der Waals surface area (Å²) in [5, 5.41) is 12.7. The minimum absolute atomic E-state index is 0.266. The van der Waals surface area contributed by atoms with Gasteiger partial charge in [-0.15, -0.1) is 0 Å². The largest absolute Gasteiger partial charge is 0.465 e. The summed E-state index contributed by atoms with van der Waals surface area (Å²) in [6, 6.07) is 2.45. The molecule has 136 valence electrons. The van der Waals surface area contributed by atoms with Crippen LogP contribution in [-0.2, 0) is 0 Å². The second kappa shape index (κ2) is 6.57. The first kappa shape index (κ1) is 16.2. The van der Waals surface area contributed by atoms with Crippen LogP contribution in [0.2, 0.25) is 0 Å². The van der Waals surface area contributed by atoms with E-state index < -0.39 is 6.09 Å². The molecule has 0 aromatic carbocycles. The Morgan fingerprint density at radius 1 is 1.20 bits per heavy atom. The number of rotatable bonds is 3. The lowest BCUT2D eigenvalue weighted by atomic mass is 9.95. The molecule has 1 saturated heterocycles. The van der Waals surface area contributed by atoms with Crippen molar-refractivity contribution in [1.29, 1.82) is 0 Å². The molecule has 3 atom stereocenters. The molecule has 1 amide bonds. The summed E-state index contributed by atoms with van der Waals surface area (Å²) < 4.78 is 0. The maximum Gasteiger partial charge on any atom is 0.407 e. The van der Waals surface area contributed by atoms with E-state index in [4.69, 9.17) is 5.73 Å². The predicted octanol–water partition coefficient (Wildman–Crippen LogP) is 1.85. The molecule has 2 heterocycles. The lowest BCUT2D eigenvalue weighted by Gasteiger charge is -2.25. The first-order chi connectivity index (χ1) is 12.1. The van der Waals surface area contributed by atoms with E-state index in [-0.39, 0.29) is 5.95 Å². The van der Waals surface area contributed by atoms with E-state index in [2.05, 4.69) is 20.2 Å². The van der Waals surface area contributed by atoms with Crippen molar-refractivity contribution in [2.45, 2.75) is 38.1 Å². The van der Waals surface area contributed by atoms with Crippen LogP contribution in [0.25, 0.3) is 0 Å². The number of hydrogen-bond donors (Lipinski definition) is 3. The van der Waals surface area contributed by atoms with Gasteiger partial charge in [0.25, 0.3) is 0 Å². The van der Waals surface area contributed by atoms with Gasteiger partial charge in [-0.3, -0.25) is 0 Å². The van der Waals surface area contributed by atoms with E-state index >= 15 is 0 Å². The van der Waals surface area contributed by atoms with Gasteiger partial charge in [-0.25, -0.2) is 4.79 Å². The number of nitrogens with two attached hydrogens (primary N) is 1. The van der Waals surface area contributed by atoms with Gasteiger partial charge in [0.1, 0.15) is 11.6 Å². The molecular weight excluding hydrogens is 320 g/mol. The van der Waals surface area contributed by atoms with Crippen molar-refractivity contribution in [3.8, 4) is 0 Å². The lowest BCUT2D eigenvalue weighted by molar-refractivity contribution is 0.148. The highest BCUT2D eigenvalue weighted by molar-refractivity contribution is 5.65. The second-order valence-corrected chi connectivity index (χ2v) is 7.51. The minimum atomic E-state index is -0.859. The third kappa shape index (κ3) is 3.43. The topological polar surface area (TPSA) is 108 Å². The Hall–Kier alpha value is -2.25. The minimum Gasteiger partial charge on any atom is -0.465 e. The van der Waals surface area contributed by atoms with Crippen molar-refractivity contribution in [3.63, 3.8) is 0 Å². The third-order valence-corrected chi connectivity index (χ3v) is 5.89. The normalized spacial score (nSPS) is 28.9. The van der Waals surface area contributed by atoms with Gasteiger partial charge in [0.15, 0.2) is 0 Å². The standard InChI is InChI=1S/C17H26N6O2/c18-16-20-14(19-13-9-11-2-3-12(13)8-11)10-15(21-16)22-4-1-5-23(7-6-22)17(24)25/h10-13H,1-9H2,(H,24,25)(H3,18,19,20,21). The Morgan fingerprint density at radius 2 is 2.08 bits per heavy atom. The second-order valence-electron chi connectivity index (χ2n) is 7.51. The van der Waals surface area contributed by atoms with Gasteiger partial charge in [-0.2, -0.15) is 9.97 Å². The molecular formula is C17H26N6O2. The molecule has 2 saturated carbocycles. The van der Waals surface area contributed by atoms with E-state index in [1.54, 1.807) is 0 Å². The number of carbonyl (C=O) groups is 1. The molecule has 4 rings (SSSR count). The maximum atomic E-state index is 11.2. The van der Waals surface area contributed by atoms with Gasteiger partial charge in [0.05, 0.1) is 0 Å². The number of aromatic nitrogens is 2. The van der Waals surface area contributed by atoms with Crippen LogP contribution in [0.3, 0.4) is 0 Å². The van der Waals surface area contributed by atoms with Gasteiger partial charge in [0.2, 0.25) is 5.95 Å². The van der Waals surface area contributed by atoms with Gasteiger partial charge in [0, 0.05) is 38.3 Å². The summed E-state index contributed by atoms with van der Waals surface area (Å²) in [7, 11) is 0. The van der Waals surface area contributed by atoms with E-state index in [0.717, 1.165) is 36.4 Å². The fourth-order valence-corrected chi connectivity index (χ4v) is 4.64. The highest BCUT2D eigenvalue weighted by Gasteiger charge is 2.39. The molecule has 1 aromatic heterocycles. The Morgan fingerprint density at radius 3 is 2.80 bits per heavy atom. The fraction of sp³-hybridized carbons (Fsp3) is 0.706. The smallest absolute Gasteiger partial charge is 0.407 e. The first-order valence-corrected chi connectivity index (χ1v) is 9.22. The van der Waals surface area contributed by atoms with Crippen LogP contribution in [0.1, 0.15) is 32.1 Å². The summed E-state index contributed by atoms with van der Waals surface area (Å²) in [6.07, 6.45) is 5.16. The zero-order chi connectivity index (χ0) is 17.4. The Bertz CT molecular complexity index is 654. The fourth-order valence-electron chi connectivity index (χ4n) is 4.64. The molecule has 0 radical (unpaired) electrons. The zero-order valence-corrected chi connectivity index (χ0v) is 14.4. The number of nitrogens with zero attached hydrogens (tertiary/aromatic N) is 4. The average Bonchev–Trinajstić information content (AvgIpc) is 3.08. The molecule has 4 N–H and O–H groups in total. The molecule has 8 nitrogen and oxygen atoms in total. The van der Waals surface area contributed by atoms with E-state index in [1.807, 2.05) is 6.07 Å². The molecule has 3 unspecified atom stereocenters. The summed E-state index contributed by atoms with van der Waals surface area (Å²) in [5.41, 5.74) is 5.94.